The molecule has 1 amide bonds. The highest BCUT2D eigenvalue weighted by Gasteiger charge is 2.52. The lowest BCUT2D eigenvalue weighted by atomic mass is 9.86. The average molecular weight is 379 g/mol. The van der Waals surface area contributed by atoms with Crippen LogP contribution in [-0.2, 0) is 16.1 Å². The number of methoxy groups -OCH3 is 1. The van der Waals surface area contributed by atoms with Crippen molar-refractivity contribution in [3.63, 3.8) is 0 Å². The number of hydrogen-bond donors (Lipinski definition) is 1. The van der Waals surface area contributed by atoms with Crippen LogP contribution in [0.5, 0.6) is 0 Å². The van der Waals surface area contributed by atoms with Gasteiger partial charge in [-0.3, -0.25) is 4.79 Å². The quantitative estimate of drug-likeness (QED) is 0.827. The Morgan fingerprint density at radius 2 is 1.86 bits per heavy atom. The second kappa shape index (κ2) is 7.64. The summed E-state index contributed by atoms with van der Waals surface area (Å²) in [6.07, 6.45) is 1.58. The fourth-order valence-electron chi connectivity index (χ4n) is 4.30. The van der Waals surface area contributed by atoms with Crippen LogP contribution >= 0.6 is 0 Å². The van der Waals surface area contributed by atoms with Crippen LogP contribution in [0.1, 0.15) is 28.8 Å². The van der Waals surface area contributed by atoms with Gasteiger partial charge in [0.15, 0.2) is 0 Å². The van der Waals surface area contributed by atoms with Crippen molar-refractivity contribution in [1.29, 1.82) is 0 Å². The van der Waals surface area contributed by atoms with Crippen molar-refractivity contribution >= 4 is 17.6 Å². The summed E-state index contributed by atoms with van der Waals surface area (Å²) in [4.78, 5) is 29.5. The number of benzene rings is 2. The van der Waals surface area contributed by atoms with Crippen molar-refractivity contribution < 1.29 is 14.3 Å². The Morgan fingerprint density at radius 3 is 2.57 bits per heavy atom. The molecule has 2 aliphatic heterocycles. The molecule has 6 nitrogen and oxygen atoms in total. The summed E-state index contributed by atoms with van der Waals surface area (Å²) in [5.74, 6) is -0.198. The van der Waals surface area contributed by atoms with Gasteiger partial charge in [-0.25, -0.2) is 4.79 Å². The molecular weight excluding hydrogens is 354 g/mol. The standard InChI is InChI=1S/C22H25N3O3/c1-28-20(26)18-7-5-6-17(14-18)15-24-16-25(19-8-3-2-4-9-19)22(21(24)27)10-12-23-13-11-22/h2-9,14,23H,10-13,15-16H2,1H3. The van der Waals surface area contributed by atoms with Crippen LogP contribution < -0.4 is 10.2 Å². The van der Waals surface area contributed by atoms with E-state index >= 15 is 0 Å². The van der Waals surface area contributed by atoms with Crippen LogP contribution in [0.3, 0.4) is 0 Å². The van der Waals surface area contributed by atoms with E-state index in [4.69, 9.17) is 4.74 Å². The van der Waals surface area contributed by atoms with Crippen molar-refractivity contribution in [2.24, 2.45) is 0 Å². The highest BCUT2D eigenvalue weighted by atomic mass is 16.5. The zero-order valence-electron chi connectivity index (χ0n) is 16.1. The summed E-state index contributed by atoms with van der Waals surface area (Å²) >= 11 is 0. The van der Waals surface area contributed by atoms with E-state index in [2.05, 4.69) is 22.3 Å². The fraction of sp³-hybridized carbons (Fsp3) is 0.364. The monoisotopic (exact) mass is 379 g/mol. The molecule has 0 aromatic heterocycles. The third-order valence-corrected chi connectivity index (χ3v) is 5.73. The summed E-state index contributed by atoms with van der Waals surface area (Å²) in [7, 11) is 1.37. The molecular formula is C22H25N3O3. The van der Waals surface area contributed by atoms with Crippen molar-refractivity contribution in [3.05, 3.63) is 65.7 Å². The summed E-state index contributed by atoms with van der Waals surface area (Å²) in [6.45, 7) is 2.69. The van der Waals surface area contributed by atoms with Gasteiger partial charge < -0.3 is 19.9 Å². The molecule has 28 heavy (non-hydrogen) atoms. The highest BCUT2D eigenvalue weighted by molar-refractivity contribution is 5.94. The number of nitrogens with one attached hydrogen (secondary N) is 1. The number of ether oxygens (including phenoxy) is 1. The first-order valence-electron chi connectivity index (χ1n) is 9.64. The number of rotatable bonds is 4. The minimum absolute atomic E-state index is 0.168. The molecule has 0 atom stereocenters. The average Bonchev–Trinajstić information content (AvgIpc) is 3.00. The number of carbonyl (C=O) groups excluding carboxylic acids is 2. The molecule has 0 bridgehead atoms. The lowest BCUT2D eigenvalue weighted by Gasteiger charge is -2.40. The summed E-state index contributed by atoms with van der Waals surface area (Å²) in [6, 6.07) is 17.5. The second-order valence-electron chi connectivity index (χ2n) is 7.38. The Kier molecular flexibility index (Phi) is 5.05. The largest absolute Gasteiger partial charge is 0.465 e. The predicted octanol–water partition coefficient (Wildman–Crippen LogP) is 2.40. The second-order valence-corrected chi connectivity index (χ2v) is 7.38. The van der Waals surface area contributed by atoms with Gasteiger partial charge >= 0.3 is 5.97 Å². The van der Waals surface area contributed by atoms with Gasteiger partial charge in [0, 0.05) is 12.2 Å². The smallest absolute Gasteiger partial charge is 0.337 e. The first kappa shape index (κ1) is 18.5. The van der Waals surface area contributed by atoms with Crippen LogP contribution in [-0.4, -0.2) is 49.2 Å². The third-order valence-electron chi connectivity index (χ3n) is 5.73. The van der Waals surface area contributed by atoms with E-state index in [9.17, 15) is 9.59 Å². The zero-order valence-corrected chi connectivity index (χ0v) is 16.1. The first-order valence-corrected chi connectivity index (χ1v) is 9.64. The number of esters is 1. The molecule has 2 aromatic carbocycles. The van der Waals surface area contributed by atoms with Gasteiger partial charge in [-0.2, -0.15) is 0 Å². The van der Waals surface area contributed by atoms with Crippen molar-refractivity contribution in [2.45, 2.75) is 24.9 Å². The van der Waals surface area contributed by atoms with Gasteiger partial charge in [0.05, 0.1) is 19.3 Å². The topological polar surface area (TPSA) is 61.9 Å². The first-order chi connectivity index (χ1) is 13.6. The zero-order chi connectivity index (χ0) is 19.6. The Bertz CT molecular complexity index is 862. The van der Waals surface area contributed by atoms with Gasteiger partial charge in [0.25, 0.3) is 0 Å². The van der Waals surface area contributed by atoms with Crippen LogP contribution in [0, 0.1) is 0 Å². The number of carbonyl (C=O) groups is 2. The van der Waals surface area contributed by atoms with E-state index in [1.807, 2.05) is 35.2 Å². The minimum Gasteiger partial charge on any atom is -0.465 e. The van der Waals surface area contributed by atoms with Gasteiger partial charge in [0.1, 0.15) is 5.54 Å². The number of nitrogens with zero attached hydrogens (tertiary/aromatic N) is 2. The number of amides is 1. The molecule has 2 aromatic rings. The van der Waals surface area contributed by atoms with E-state index in [-0.39, 0.29) is 11.9 Å². The molecule has 2 saturated heterocycles. The fourth-order valence-corrected chi connectivity index (χ4v) is 4.30. The molecule has 1 spiro atoms. The Labute approximate surface area is 165 Å². The molecule has 0 unspecified atom stereocenters. The highest BCUT2D eigenvalue weighted by Crippen LogP contribution is 2.38. The lowest BCUT2D eigenvalue weighted by molar-refractivity contribution is -0.133. The van der Waals surface area contributed by atoms with Gasteiger partial charge in [-0.1, -0.05) is 30.3 Å². The summed E-state index contributed by atoms with van der Waals surface area (Å²) in [5.41, 5.74) is 2.01. The van der Waals surface area contributed by atoms with Crippen molar-refractivity contribution in [3.8, 4) is 0 Å². The van der Waals surface area contributed by atoms with Crippen LogP contribution in [0.2, 0.25) is 0 Å². The third kappa shape index (κ3) is 3.24. The molecule has 0 saturated carbocycles. The number of anilines is 1. The van der Waals surface area contributed by atoms with Crippen LogP contribution in [0.25, 0.3) is 0 Å². The maximum atomic E-state index is 13.5. The van der Waals surface area contributed by atoms with E-state index in [1.165, 1.54) is 7.11 Å². The molecule has 0 radical (unpaired) electrons. The molecule has 146 valence electrons. The SMILES string of the molecule is COC(=O)c1cccc(CN2CN(c3ccccc3)C3(CCNCC3)C2=O)c1. The molecule has 4 rings (SSSR count). The number of hydrogen-bond acceptors (Lipinski definition) is 5. The van der Waals surface area contributed by atoms with E-state index < -0.39 is 5.54 Å². The Balaban J connectivity index is 1.62. The minimum atomic E-state index is -0.493. The van der Waals surface area contributed by atoms with Crippen molar-refractivity contribution in [2.75, 3.05) is 31.8 Å². The van der Waals surface area contributed by atoms with Crippen LogP contribution in [0.4, 0.5) is 5.69 Å². The van der Waals surface area contributed by atoms with E-state index in [1.54, 1.807) is 12.1 Å². The molecule has 2 fully saturated rings. The maximum Gasteiger partial charge on any atom is 0.337 e. The Hall–Kier alpha value is -2.86. The molecule has 6 heteroatoms. The van der Waals surface area contributed by atoms with Crippen LogP contribution in [0.15, 0.2) is 54.6 Å². The van der Waals surface area contributed by atoms with Gasteiger partial charge in [-0.05, 0) is 55.8 Å². The Morgan fingerprint density at radius 1 is 1.11 bits per heavy atom. The number of piperidine rings is 1. The number of para-hydroxylation sites is 1. The molecule has 0 aliphatic carbocycles. The van der Waals surface area contributed by atoms with E-state index in [0.717, 1.165) is 37.2 Å². The van der Waals surface area contributed by atoms with Gasteiger partial charge in [-0.15, -0.1) is 0 Å². The summed E-state index contributed by atoms with van der Waals surface area (Å²) in [5, 5.41) is 3.37. The van der Waals surface area contributed by atoms with Gasteiger partial charge in [0.2, 0.25) is 5.91 Å². The molecule has 1 N–H and O–H groups in total. The predicted molar refractivity (Wildman–Crippen MR) is 107 cm³/mol. The van der Waals surface area contributed by atoms with E-state index in [0.29, 0.717) is 18.8 Å². The maximum absolute atomic E-state index is 13.5. The normalized spacial score (nSPS) is 18.5. The molecule has 2 aliphatic rings. The lowest BCUT2D eigenvalue weighted by Crippen LogP contribution is -2.55. The molecule has 2 heterocycles. The summed E-state index contributed by atoms with van der Waals surface area (Å²) < 4.78 is 4.81. The van der Waals surface area contributed by atoms with Crippen molar-refractivity contribution in [1.82, 2.24) is 10.2 Å².